The fourth-order valence-electron chi connectivity index (χ4n) is 1.84. The van der Waals surface area contributed by atoms with Crippen LogP contribution in [0.5, 0.6) is 0 Å². The lowest BCUT2D eigenvalue weighted by Crippen LogP contribution is -2.40. The molecule has 0 aliphatic carbocycles. The number of nitrogens with one attached hydrogen (secondary N) is 2. The van der Waals surface area contributed by atoms with E-state index in [0.29, 0.717) is 18.1 Å². The number of aryl methyl sites for hydroxylation is 1. The van der Waals surface area contributed by atoms with E-state index in [1.165, 1.54) is 0 Å². The van der Waals surface area contributed by atoms with E-state index in [1.807, 2.05) is 6.92 Å². The molecule has 0 aromatic carbocycles. The third-order valence-electron chi connectivity index (χ3n) is 3.14. The van der Waals surface area contributed by atoms with Crippen molar-refractivity contribution in [2.24, 2.45) is 5.92 Å². The molecular weight excluding hydrogens is 274 g/mol. The maximum absolute atomic E-state index is 11.7. The third-order valence-corrected chi connectivity index (χ3v) is 3.14. The second kappa shape index (κ2) is 8.28. The first kappa shape index (κ1) is 17.0. The highest BCUT2D eigenvalue weighted by Crippen LogP contribution is 2.09. The highest BCUT2D eigenvalue weighted by atomic mass is 16.4. The lowest BCUT2D eigenvalue weighted by Gasteiger charge is -2.14. The largest absolute Gasteiger partial charge is 0.481 e. The number of hydrogen-bond acceptors (Lipinski definition) is 4. The normalized spacial score (nSPS) is 13.5. The van der Waals surface area contributed by atoms with Crippen LogP contribution in [-0.2, 0) is 11.3 Å². The lowest BCUT2D eigenvalue weighted by molar-refractivity contribution is -0.141. The summed E-state index contributed by atoms with van der Waals surface area (Å²) in [5.41, 5.74) is 0. The Balaban J connectivity index is 2.17. The molecule has 0 aliphatic rings. The van der Waals surface area contributed by atoms with Gasteiger partial charge in [0.2, 0.25) is 5.89 Å². The van der Waals surface area contributed by atoms with Crippen LogP contribution in [0.3, 0.4) is 0 Å². The monoisotopic (exact) mass is 297 g/mol. The number of aliphatic carboxylic acids is 1. The van der Waals surface area contributed by atoms with Crippen molar-refractivity contribution in [1.82, 2.24) is 15.6 Å². The van der Waals surface area contributed by atoms with E-state index >= 15 is 0 Å². The van der Waals surface area contributed by atoms with E-state index in [9.17, 15) is 9.59 Å². The Morgan fingerprint density at radius 1 is 1.38 bits per heavy atom. The molecule has 0 saturated heterocycles. The van der Waals surface area contributed by atoms with Gasteiger partial charge in [-0.3, -0.25) is 4.79 Å². The predicted octanol–water partition coefficient (Wildman–Crippen LogP) is 2.06. The number of urea groups is 1. The first-order chi connectivity index (χ1) is 9.88. The van der Waals surface area contributed by atoms with Crippen LogP contribution in [0.4, 0.5) is 4.79 Å². The van der Waals surface area contributed by atoms with Crippen LogP contribution in [0.15, 0.2) is 10.6 Å². The van der Waals surface area contributed by atoms with Crippen LogP contribution < -0.4 is 10.6 Å². The van der Waals surface area contributed by atoms with Crippen LogP contribution in [0.25, 0.3) is 0 Å². The first-order valence-corrected chi connectivity index (χ1v) is 7.07. The number of carbonyl (C=O) groups is 2. The Bertz CT molecular complexity index is 473. The molecule has 7 heteroatoms. The fourth-order valence-corrected chi connectivity index (χ4v) is 1.84. The number of rotatable bonds is 8. The molecule has 21 heavy (non-hydrogen) atoms. The van der Waals surface area contributed by atoms with Gasteiger partial charge in [-0.1, -0.05) is 13.3 Å². The van der Waals surface area contributed by atoms with Crippen LogP contribution in [0.1, 0.15) is 44.8 Å². The summed E-state index contributed by atoms with van der Waals surface area (Å²) in [5.74, 6) is 0.0348. The van der Waals surface area contributed by atoms with Gasteiger partial charge in [-0.2, -0.15) is 0 Å². The van der Waals surface area contributed by atoms with Gasteiger partial charge in [0, 0.05) is 6.04 Å². The molecule has 2 atom stereocenters. The van der Waals surface area contributed by atoms with Crippen molar-refractivity contribution in [3.8, 4) is 0 Å². The molecule has 0 saturated carbocycles. The van der Waals surface area contributed by atoms with E-state index < -0.39 is 5.97 Å². The molecular formula is C14H23N3O4. The molecule has 0 spiro atoms. The van der Waals surface area contributed by atoms with Crippen LogP contribution in [0.2, 0.25) is 0 Å². The quantitative estimate of drug-likeness (QED) is 0.681. The minimum absolute atomic E-state index is 0.0164. The number of amides is 2. The molecule has 0 bridgehead atoms. The van der Waals surface area contributed by atoms with Crippen molar-refractivity contribution in [2.45, 2.75) is 52.6 Å². The summed E-state index contributed by atoms with van der Waals surface area (Å²) < 4.78 is 5.24. The number of carboxylic acids is 1. The van der Waals surface area contributed by atoms with Gasteiger partial charge in [0.05, 0.1) is 18.7 Å². The predicted molar refractivity (Wildman–Crippen MR) is 76.7 cm³/mol. The Kier molecular flexibility index (Phi) is 6.71. The highest BCUT2D eigenvalue weighted by molar-refractivity contribution is 5.74. The van der Waals surface area contributed by atoms with Gasteiger partial charge in [-0.25, -0.2) is 9.78 Å². The maximum Gasteiger partial charge on any atom is 0.315 e. The Labute approximate surface area is 124 Å². The molecule has 1 rings (SSSR count). The second-order valence-electron chi connectivity index (χ2n) is 5.26. The summed E-state index contributed by atoms with van der Waals surface area (Å²) in [6.45, 7) is 5.60. The van der Waals surface area contributed by atoms with E-state index in [2.05, 4.69) is 15.6 Å². The molecule has 1 heterocycles. The van der Waals surface area contributed by atoms with Gasteiger partial charge in [0.25, 0.3) is 0 Å². The van der Waals surface area contributed by atoms with E-state index in [1.54, 1.807) is 20.0 Å². The summed E-state index contributed by atoms with van der Waals surface area (Å²) in [4.78, 5) is 26.3. The van der Waals surface area contributed by atoms with Gasteiger partial charge in [0.1, 0.15) is 5.76 Å². The minimum Gasteiger partial charge on any atom is -0.481 e. The highest BCUT2D eigenvalue weighted by Gasteiger charge is 2.12. The van der Waals surface area contributed by atoms with Crippen LogP contribution in [0, 0.1) is 12.8 Å². The van der Waals surface area contributed by atoms with E-state index in [4.69, 9.17) is 9.52 Å². The summed E-state index contributed by atoms with van der Waals surface area (Å²) >= 11 is 0. The van der Waals surface area contributed by atoms with E-state index in [-0.39, 0.29) is 24.5 Å². The van der Waals surface area contributed by atoms with Gasteiger partial charge in [-0.05, 0) is 26.7 Å². The average Bonchev–Trinajstić information content (AvgIpc) is 2.82. The first-order valence-electron chi connectivity index (χ1n) is 7.07. The maximum atomic E-state index is 11.7. The molecule has 0 radical (unpaired) electrons. The molecule has 7 nitrogen and oxygen atoms in total. The van der Waals surface area contributed by atoms with Gasteiger partial charge >= 0.3 is 12.0 Å². The topological polar surface area (TPSA) is 104 Å². The second-order valence-corrected chi connectivity index (χ2v) is 5.26. The van der Waals surface area contributed by atoms with Crippen molar-refractivity contribution >= 4 is 12.0 Å². The fraction of sp³-hybridized carbons (Fsp3) is 0.643. The molecule has 2 amide bonds. The van der Waals surface area contributed by atoms with Crippen molar-refractivity contribution < 1.29 is 19.1 Å². The zero-order valence-corrected chi connectivity index (χ0v) is 12.7. The average molecular weight is 297 g/mol. The summed E-state index contributed by atoms with van der Waals surface area (Å²) in [7, 11) is 0. The van der Waals surface area contributed by atoms with E-state index in [0.717, 1.165) is 12.8 Å². The third kappa shape index (κ3) is 6.78. The van der Waals surface area contributed by atoms with Crippen molar-refractivity contribution in [3.63, 3.8) is 0 Å². The zero-order valence-electron chi connectivity index (χ0n) is 12.7. The number of aromatic nitrogens is 1. The van der Waals surface area contributed by atoms with Crippen molar-refractivity contribution in [1.29, 1.82) is 0 Å². The van der Waals surface area contributed by atoms with Gasteiger partial charge < -0.3 is 20.2 Å². The number of hydrogen-bond donors (Lipinski definition) is 3. The molecule has 0 aliphatic heterocycles. The number of nitrogens with zero attached hydrogens (tertiary/aromatic N) is 1. The van der Waals surface area contributed by atoms with Crippen molar-refractivity contribution in [3.05, 3.63) is 17.8 Å². The summed E-state index contributed by atoms with van der Waals surface area (Å²) in [6, 6.07) is -0.304. The molecule has 0 fully saturated rings. The molecule has 1 aromatic rings. The molecule has 1 aromatic heterocycles. The number of carbonyl (C=O) groups excluding carboxylic acids is 1. The number of oxazole rings is 1. The summed E-state index contributed by atoms with van der Waals surface area (Å²) in [6.07, 6.45) is 3.71. The Morgan fingerprint density at radius 3 is 2.67 bits per heavy atom. The summed E-state index contributed by atoms with van der Waals surface area (Å²) in [5, 5.41) is 14.2. The lowest BCUT2D eigenvalue weighted by atomic mass is 10.0. The van der Waals surface area contributed by atoms with Crippen LogP contribution in [-0.4, -0.2) is 28.1 Å². The van der Waals surface area contributed by atoms with Crippen molar-refractivity contribution in [2.75, 3.05) is 0 Å². The zero-order chi connectivity index (χ0) is 15.8. The Morgan fingerprint density at radius 2 is 2.10 bits per heavy atom. The van der Waals surface area contributed by atoms with Gasteiger partial charge in [0.15, 0.2) is 0 Å². The standard InChI is InChI=1S/C14H23N3O4/c1-9(13(18)19)5-4-6-10(2)17-14(20)16-8-12-15-7-11(3)21-12/h7,9-10H,4-6,8H2,1-3H3,(H,18,19)(H2,16,17,20). The molecule has 3 N–H and O–H groups in total. The molecule has 2 unspecified atom stereocenters. The SMILES string of the molecule is Cc1cnc(CNC(=O)NC(C)CCCC(C)C(=O)O)o1. The Hall–Kier alpha value is -2.05. The minimum atomic E-state index is -0.783. The molecule has 118 valence electrons. The number of carboxylic acid groups (broad SMARTS) is 1. The smallest absolute Gasteiger partial charge is 0.315 e. The van der Waals surface area contributed by atoms with Crippen LogP contribution >= 0.6 is 0 Å². The van der Waals surface area contributed by atoms with Gasteiger partial charge in [-0.15, -0.1) is 0 Å².